The molecule has 13 heteroatoms. The van der Waals surface area contributed by atoms with Gasteiger partial charge >= 0.3 is 29.9 Å². The molecule has 0 atom stereocenters. The fourth-order valence-electron chi connectivity index (χ4n) is 1.29. The molecule has 0 spiro atoms. The molecule has 0 bridgehead atoms. The molecule has 0 rings (SSSR count). The number of rotatable bonds is 7. The van der Waals surface area contributed by atoms with Crippen molar-refractivity contribution >= 4 is 5.97 Å². The van der Waals surface area contributed by atoms with Crippen molar-refractivity contribution in [2.24, 2.45) is 0 Å². The molecule has 2 nitrogen and oxygen atoms in total. The highest BCUT2D eigenvalue weighted by atomic mass is 19.4. The molecule has 0 aromatic heterocycles. The lowest BCUT2D eigenvalue weighted by molar-refractivity contribution is -0.400. The van der Waals surface area contributed by atoms with Crippen molar-refractivity contribution in [3.05, 3.63) is 12.2 Å². The van der Waals surface area contributed by atoms with Gasteiger partial charge in [-0.1, -0.05) is 6.58 Å². The SMILES string of the molecule is C=C(CC(F)(F)CC(F)(F)C(F)(F)C(F)(F)C(F)(F)F)C(=O)O. The Morgan fingerprint density at radius 3 is 1.52 bits per heavy atom. The van der Waals surface area contributed by atoms with E-state index in [1.807, 2.05) is 0 Å². The number of hydrogen-bond acceptors (Lipinski definition) is 1. The fourth-order valence-corrected chi connectivity index (χ4v) is 1.29. The van der Waals surface area contributed by atoms with Gasteiger partial charge in [0.25, 0.3) is 5.92 Å². The van der Waals surface area contributed by atoms with E-state index in [4.69, 9.17) is 5.11 Å². The number of halogens is 11. The zero-order valence-corrected chi connectivity index (χ0v) is 10.6. The van der Waals surface area contributed by atoms with Gasteiger partial charge in [0.05, 0.1) is 6.42 Å². The standard InChI is InChI=1S/C10H7F11O2/c1-4(5(22)23)2-6(11,12)3-7(13,14)8(15,16)9(17,18)10(19,20)21/h1-3H2,(H,22,23). The first kappa shape index (κ1) is 21.4. The summed E-state index contributed by atoms with van der Waals surface area (Å²) in [5.41, 5.74) is -1.43. The quantitative estimate of drug-likeness (QED) is 0.530. The lowest BCUT2D eigenvalue weighted by Gasteiger charge is -2.35. The monoisotopic (exact) mass is 368 g/mol. The third-order valence-corrected chi connectivity index (χ3v) is 2.46. The average Bonchev–Trinajstić information content (AvgIpc) is 2.24. The third kappa shape index (κ3) is 4.25. The van der Waals surface area contributed by atoms with Crippen LogP contribution < -0.4 is 0 Å². The average molecular weight is 368 g/mol. The van der Waals surface area contributed by atoms with Crippen molar-refractivity contribution in [2.75, 3.05) is 0 Å². The van der Waals surface area contributed by atoms with Crippen LogP contribution in [0.2, 0.25) is 0 Å². The predicted molar refractivity (Wildman–Crippen MR) is 51.9 cm³/mol. The Labute approximate surface area is 120 Å². The van der Waals surface area contributed by atoms with Gasteiger partial charge in [-0.05, 0) is 0 Å². The first-order chi connectivity index (χ1) is 9.78. The molecule has 0 saturated carbocycles. The van der Waals surface area contributed by atoms with E-state index in [0.29, 0.717) is 0 Å². The van der Waals surface area contributed by atoms with Crippen LogP contribution in [0.15, 0.2) is 12.2 Å². The molecule has 0 aliphatic carbocycles. The van der Waals surface area contributed by atoms with Gasteiger partial charge in [-0.15, -0.1) is 0 Å². The van der Waals surface area contributed by atoms with Gasteiger partial charge in [0.15, 0.2) is 0 Å². The van der Waals surface area contributed by atoms with E-state index in [2.05, 4.69) is 6.58 Å². The van der Waals surface area contributed by atoms with Crippen molar-refractivity contribution in [3.8, 4) is 0 Å². The third-order valence-electron chi connectivity index (χ3n) is 2.46. The van der Waals surface area contributed by atoms with E-state index in [0.717, 1.165) is 0 Å². The number of carboxylic acid groups (broad SMARTS) is 1. The number of alkyl halides is 11. The molecule has 0 unspecified atom stereocenters. The van der Waals surface area contributed by atoms with Crippen LogP contribution in [0.1, 0.15) is 12.8 Å². The van der Waals surface area contributed by atoms with Crippen molar-refractivity contribution in [3.63, 3.8) is 0 Å². The largest absolute Gasteiger partial charge is 0.478 e. The first-order valence-corrected chi connectivity index (χ1v) is 5.27. The van der Waals surface area contributed by atoms with Crippen molar-refractivity contribution in [2.45, 2.75) is 42.7 Å². The van der Waals surface area contributed by atoms with Crippen LogP contribution in [0.3, 0.4) is 0 Å². The minimum absolute atomic E-state index is 1.43. The molecule has 0 aromatic rings. The summed E-state index contributed by atoms with van der Waals surface area (Å²) in [5, 5.41) is 8.20. The summed E-state index contributed by atoms with van der Waals surface area (Å²) in [6.45, 7) is 2.48. The van der Waals surface area contributed by atoms with E-state index < -0.39 is 54.3 Å². The molecule has 0 aromatic carbocycles. The fraction of sp³-hybridized carbons (Fsp3) is 0.700. The molecule has 0 aliphatic rings. The predicted octanol–water partition coefficient (Wildman–Crippen LogP) is 4.51. The second kappa shape index (κ2) is 5.82. The van der Waals surface area contributed by atoms with E-state index in [1.165, 1.54) is 0 Å². The highest BCUT2D eigenvalue weighted by molar-refractivity contribution is 5.85. The Bertz CT molecular complexity index is 478. The zero-order valence-electron chi connectivity index (χ0n) is 10.6. The van der Waals surface area contributed by atoms with Gasteiger partial charge in [-0.2, -0.15) is 39.5 Å². The number of carboxylic acids is 1. The second-order valence-electron chi connectivity index (χ2n) is 4.47. The summed E-state index contributed by atoms with van der Waals surface area (Å²) in [6, 6.07) is 0. The van der Waals surface area contributed by atoms with Gasteiger partial charge in [-0.3, -0.25) is 0 Å². The van der Waals surface area contributed by atoms with Gasteiger partial charge in [0.2, 0.25) is 0 Å². The lowest BCUT2D eigenvalue weighted by Crippen LogP contribution is -2.61. The van der Waals surface area contributed by atoms with Crippen LogP contribution in [-0.4, -0.2) is 40.9 Å². The van der Waals surface area contributed by atoms with Crippen LogP contribution in [0.25, 0.3) is 0 Å². The van der Waals surface area contributed by atoms with Crippen LogP contribution in [0.5, 0.6) is 0 Å². The highest BCUT2D eigenvalue weighted by Crippen LogP contribution is 2.55. The van der Waals surface area contributed by atoms with Gasteiger partial charge in [-0.25, -0.2) is 13.6 Å². The summed E-state index contributed by atoms with van der Waals surface area (Å²) in [5.74, 6) is -28.1. The second-order valence-corrected chi connectivity index (χ2v) is 4.47. The minimum Gasteiger partial charge on any atom is -0.478 e. The Morgan fingerprint density at radius 2 is 1.22 bits per heavy atom. The maximum Gasteiger partial charge on any atom is 0.460 e. The molecular weight excluding hydrogens is 361 g/mol. The molecule has 1 N–H and O–H groups in total. The topological polar surface area (TPSA) is 37.3 Å². The molecular formula is C10H7F11O2. The van der Waals surface area contributed by atoms with E-state index >= 15 is 0 Å². The van der Waals surface area contributed by atoms with Crippen LogP contribution in [0.4, 0.5) is 48.3 Å². The summed E-state index contributed by atoms with van der Waals surface area (Å²) < 4.78 is 138. The Hall–Kier alpha value is -1.56. The Kier molecular flexibility index (Phi) is 5.42. The lowest BCUT2D eigenvalue weighted by atomic mass is 9.95. The molecule has 0 radical (unpaired) electrons. The van der Waals surface area contributed by atoms with Crippen molar-refractivity contribution < 1.29 is 58.2 Å². The summed E-state index contributed by atoms with van der Waals surface area (Å²) >= 11 is 0. The normalized spacial score (nSPS) is 14.7. The molecule has 136 valence electrons. The van der Waals surface area contributed by atoms with Gasteiger partial charge < -0.3 is 5.11 Å². The number of aliphatic carboxylic acids is 1. The summed E-state index contributed by atoms with van der Waals surface area (Å²) in [7, 11) is 0. The van der Waals surface area contributed by atoms with Crippen molar-refractivity contribution in [1.82, 2.24) is 0 Å². The van der Waals surface area contributed by atoms with Crippen LogP contribution in [0, 0.1) is 0 Å². The van der Waals surface area contributed by atoms with Gasteiger partial charge in [0, 0.05) is 12.0 Å². The Balaban J connectivity index is 5.56. The minimum atomic E-state index is -7.29. The Morgan fingerprint density at radius 1 is 0.826 bits per heavy atom. The number of carbonyl (C=O) groups is 1. The van der Waals surface area contributed by atoms with Crippen LogP contribution in [-0.2, 0) is 4.79 Å². The molecule has 0 aliphatic heterocycles. The maximum atomic E-state index is 13.1. The van der Waals surface area contributed by atoms with E-state index in [-0.39, 0.29) is 0 Å². The summed E-state index contributed by atoms with van der Waals surface area (Å²) in [6.07, 6.45) is -12.7. The van der Waals surface area contributed by atoms with E-state index in [9.17, 15) is 53.1 Å². The number of hydrogen-bond donors (Lipinski definition) is 1. The van der Waals surface area contributed by atoms with E-state index in [1.54, 1.807) is 0 Å². The first-order valence-electron chi connectivity index (χ1n) is 5.27. The van der Waals surface area contributed by atoms with Crippen LogP contribution >= 0.6 is 0 Å². The highest BCUT2D eigenvalue weighted by Gasteiger charge is 2.82. The molecule has 0 saturated heterocycles. The molecule has 23 heavy (non-hydrogen) atoms. The molecule has 0 fully saturated rings. The van der Waals surface area contributed by atoms with Crippen molar-refractivity contribution in [1.29, 1.82) is 0 Å². The molecule has 0 heterocycles. The zero-order chi connectivity index (χ0) is 19.1. The van der Waals surface area contributed by atoms with Gasteiger partial charge in [0.1, 0.15) is 0 Å². The maximum absolute atomic E-state index is 13.1. The summed E-state index contributed by atoms with van der Waals surface area (Å²) in [4.78, 5) is 10.2. The molecule has 0 amide bonds. The smallest absolute Gasteiger partial charge is 0.460 e.